The zero-order valence-corrected chi connectivity index (χ0v) is 13.2. The molecule has 2 rings (SSSR count). The van der Waals surface area contributed by atoms with Crippen LogP contribution in [0.5, 0.6) is 0 Å². The van der Waals surface area contributed by atoms with Crippen LogP contribution in [0.1, 0.15) is 29.9 Å². The van der Waals surface area contributed by atoms with E-state index in [1.165, 1.54) is 24.3 Å². The van der Waals surface area contributed by atoms with E-state index in [0.717, 1.165) is 6.20 Å². The molecule has 0 fully saturated rings. The highest BCUT2D eigenvalue weighted by Crippen LogP contribution is 2.33. The maximum absolute atomic E-state index is 13.4. The van der Waals surface area contributed by atoms with Crippen molar-refractivity contribution in [3.8, 4) is 5.69 Å². The average Bonchev–Trinajstić information content (AvgIpc) is 2.90. The number of rotatable bonds is 4. The number of nitrogens with one attached hydrogen (secondary N) is 1. The summed E-state index contributed by atoms with van der Waals surface area (Å²) >= 11 is 5.74. The predicted octanol–water partition coefficient (Wildman–Crippen LogP) is 3.93. The first-order valence-electron chi connectivity index (χ1n) is 6.89. The minimum absolute atomic E-state index is 0.125. The highest BCUT2D eigenvalue weighted by atomic mass is 35.5. The zero-order chi connectivity index (χ0) is 17.2. The van der Waals surface area contributed by atoms with Gasteiger partial charge in [-0.1, -0.05) is 25.4 Å². The van der Waals surface area contributed by atoms with Crippen molar-refractivity contribution >= 4 is 17.5 Å². The Bertz CT molecular complexity index is 693. The molecule has 1 aromatic heterocycles. The molecule has 23 heavy (non-hydrogen) atoms. The lowest BCUT2D eigenvalue weighted by Crippen LogP contribution is -2.29. The number of carbonyl (C=O) groups excluding carboxylic acids is 1. The van der Waals surface area contributed by atoms with Crippen molar-refractivity contribution in [3.63, 3.8) is 0 Å². The second-order valence-electron chi connectivity index (χ2n) is 5.40. The molecule has 8 heteroatoms. The molecule has 2 aromatic rings. The zero-order valence-electron chi connectivity index (χ0n) is 12.5. The van der Waals surface area contributed by atoms with Gasteiger partial charge in [-0.15, -0.1) is 0 Å². The summed E-state index contributed by atoms with van der Waals surface area (Å²) in [6, 6.07) is 5.72. The van der Waals surface area contributed by atoms with Crippen molar-refractivity contribution in [3.05, 3.63) is 46.7 Å². The number of benzene rings is 1. The summed E-state index contributed by atoms with van der Waals surface area (Å²) in [5, 5.41) is 6.59. The Morgan fingerprint density at radius 3 is 2.43 bits per heavy atom. The van der Waals surface area contributed by atoms with Crippen LogP contribution in [0.2, 0.25) is 5.02 Å². The van der Waals surface area contributed by atoms with Crippen molar-refractivity contribution in [2.24, 2.45) is 5.92 Å². The second-order valence-corrected chi connectivity index (χ2v) is 5.83. The van der Waals surface area contributed by atoms with Crippen molar-refractivity contribution in [1.29, 1.82) is 0 Å². The van der Waals surface area contributed by atoms with Crippen molar-refractivity contribution in [1.82, 2.24) is 15.1 Å². The SMILES string of the molecule is CC(C)CNC(=O)c1cnn(-c2ccc(Cl)cc2)c1C(F)(F)F. The Morgan fingerprint density at radius 2 is 1.91 bits per heavy atom. The molecular formula is C15H15ClF3N3O. The largest absolute Gasteiger partial charge is 0.434 e. The number of hydrogen-bond acceptors (Lipinski definition) is 2. The summed E-state index contributed by atoms with van der Waals surface area (Å²) in [4.78, 5) is 12.0. The van der Waals surface area contributed by atoms with E-state index in [1.54, 1.807) is 0 Å². The van der Waals surface area contributed by atoms with Gasteiger partial charge in [0.15, 0.2) is 5.69 Å². The normalized spacial score (nSPS) is 11.8. The fourth-order valence-corrected chi connectivity index (χ4v) is 2.08. The van der Waals surface area contributed by atoms with E-state index < -0.39 is 23.3 Å². The Hall–Kier alpha value is -2.02. The van der Waals surface area contributed by atoms with Crippen LogP contribution in [0.3, 0.4) is 0 Å². The number of carbonyl (C=O) groups is 1. The van der Waals surface area contributed by atoms with Gasteiger partial charge >= 0.3 is 6.18 Å². The molecule has 1 N–H and O–H groups in total. The van der Waals surface area contributed by atoms with E-state index in [9.17, 15) is 18.0 Å². The molecule has 0 unspecified atom stereocenters. The Morgan fingerprint density at radius 1 is 1.30 bits per heavy atom. The average molecular weight is 346 g/mol. The molecule has 4 nitrogen and oxygen atoms in total. The van der Waals surface area contributed by atoms with Gasteiger partial charge in [-0.05, 0) is 30.2 Å². The van der Waals surface area contributed by atoms with Crippen molar-refractivity contribution in [2.45, 2.75) is 20.0 Å². The number of halogens is 4. The van der Waals surface area contributed by atoms with Crippen LogP contribution >= 0.6 is 11.6 Å². The smallest absolute Gasteiger partial charge is 0.352 e. The van der Waals surface area contributed by atoms with E-state index in [-0.39, 0.29) is 18.2 Å². The van der Waals surface area contributed by atoms with Crippen LogP contribution in [-0.4, -0.2) is 22.2 Å². The van der Waals surface area contributed by atoms with Crippen molar-refractivity contribution < 1.29 is 18.0 Å². The molecule has 0 aliphatic carbocycles. The molecule has 0 bridgehead atoms. The molecule has 0 aliphatic heterocycles. The number of hydrogen-bond donors (Lipinski definition) is 1. The molecule has 0 saturated heterocycles. The summed E-state index contributed by atoms with van der Waals surface area (Å²) in [5.41, 5.74) is -1.45. The van der Waals surface area contributed by atoms with Gasteiger partial charge in [-0.3, -0.25) is 4.79 Å². The topological polar surface area (TPSA) is 46.9 Å². The van der Waals surface area contributed by atoms with E-state index in [4.69, 9.17) is 11.6 Å². The lowest BCUT2D eigenvalue weighted by Gasteiger charge is -2.13. The third-order valence-electron chi connectivity index (χ3n) is 3.02. The fourth-order valence-electron chi connectivity index (χ4n) is 1.96. The van der Waals surface area contributed by atoms with Crippen LogP contribution in [-0.2, 0) is 6.18 Å². The molecule has 1 aromatic carbocycles. The Balaban J connectivity index is 2.45. The fraction of sp³-hybridized carbons (Fsp3) is 0.333. The molecule has 124 valence electrons. The minimum atomic E-state index is -4.72. The van der Waals surface area contributed by atoms with E-state index in [0.29, 0.717) is 9.70 Å². The third kappa shape index (κ3) is 4.04. The van der Waals surface area contributed by atoms with E-state index >= 15 is 0 Å². The summed E-state index contributed by atoms with van der Waals surface area (Å²) in [6.07, 6.45) is -3.80. The lowest BCUT2D eigenvalue weighted by atomic mass is 10.2. The molecule has 1 heterocycles. The highest BCUT2D eigenvalue weighted by molar-refractivity contribution is 6.30. The molecule has 0 radical (unpaired) electrons. The molecule has 0 saturated carbocycles. The van der Waals surface area contributed by atoms with Crippen LogP contribution in [0.4, 0.5) is 13.2 Å². The monoisotopic (exact) mass is 345 g/mol. The highest BCUT2D eigenvalue weighted by Gasteiger charge is 2.40. The first kappa shape index (κ1) is 17.3. The molecule has 0 spiro atoms. The van der Waals surface area contributed by atoms with Gasteiger partial charge in [0.1, 0.15) is 0 Å². The lowest BCUT2D eigenvalue weighted by molar-refractivity contribution is -0.143. The second kappa shape index (κ2) is 6.62. The van der Waals surface area contributed by atoms with E-state index in [1.807, 2.05) is 13.8 Å². The summed E-state index contributed by atoms with van der Waals surface area (Å²) in [7, 11) is 0. The first-order valence-corrected chi connectivity index (χ1v) is 7.27. The third-order valence-corrected chi connectivity index (χ3v) is 3.28. The predicted molar refractivity (Wildman–Crippen MR) is 80.7 cm³/mol. The van der Waals surface area contributed by atoms with Crippen LogP contribution in [0.25, 0.3) is 5.69 Å². The van der Waals surface area contributed by atoms with Gasteiger partial charge in [0.05, 0.1) is 17.4 Å². The first-order chi connectivity index (χ1) is 10.7. The number of aromatic nitrogens is 2. The molecular weight excluding hydrogens is 331 g/mol. The molecule has 1 amide bonds. The van der Waals surface area contributed by atoms with E-state index in [2.05, 4.69) is 10.4 Å². The van der Waals surface area contributed by atoms with Gasteiger partial charge in [0.25, 0.3) is 5.91 Å². The van der Waals surface area contributed by atoms with Gasteiger partial charge in [-0.2, -0.15) is 18.3 Å². The van der Waals surface area contributed by atoms with Gasteiger partial charge in [-0.25, -0.2) is 4.68 Å². The van der Waals surface area contributed by atoms with Crippen LogP contribution in [0, 0.1) is 5.92 Å². The van der Waals surface area contributed by atoms with Gasteiger partial charge in [0.2, 0.25) is 0 Å². The quantitative estimate of drug-likeness (QED) is 0.912. The van der Waals surface area contributed by atoms with Crippen molar-refractivity contribution in [2.75, 3.05) is 6.54 Å². The molecule has 0 aliphatic rings. The summed E-state index contributed by atoms with van der Waals surface area (Å²) in [5.74, 6) is -0.675. The Kier molecular flexibility index (Phi) is 4.99. The van der Waals surface area contributed by atoms with Gasteiger partial charge < -0.3 is 5.32 Å². The standard InChI is InChI=1S/C15H15ClF3N3O/c1-9(2)7-20-14(23)12-8-21-22(13(12)15(17,18)19)11-5-3-10(16)4-6-11/h3-6,8-9H,7H2,1-2H3,(H,20,23). The minimum Gasteiger partial charge on any atom is -0.352 e. The number of nitrogens with zero attached hydrogens (tertiary/aromatic N) is 2. The summed E-state index contributed by atoms with van der Waals surface area (Å²) in [6.45, 7) is 3.98. The van der Waals surface area contributed by atoms with Gasteiger partial charge in [0, 0.05) is 11.6 Å². The number of alkyl halides is 3. The maximum atomic E-state index is 13.4. The molecule has 0 atom stereocenters. The Labute approximate surface area is 136 Å². The van der Waals surface area contributed by atoms with Crippen LogP contribution in [0.15, 0.2) is 30.5 Å². The summed E-state index contributed by atoms with van der Waals surface area (Å²) < 4.78 is 40.9. The van der Waals surface area contributed by atoms with Crippen LogP contribution < -0.4 is 5.32 Å². The maximum Gasteiger partial charge on any atom is 0.434 e. The number of amides is 1.